The number of halogens is 2. The van der Waals surface area contributed by atoms with Gasteiger partial charge in [0.2, 0.25) is 5.91 Å². The van der Waals surface area contributed by atoms with Gasteiger partial charge in [0.1, 0.15) is 16.5 Å². The Kier molecular flexibility index (Phi) is 5.35. The molecule has 1 aliphatic rings. The van der Waals surface area contributed by atoms with Crippen LogP contribution in [0.3, 0.4) is 0 Å². The molecule has 2 amide bonds. The van der Waals surface area contributed by atoms with E-state index < -0.39 is 11.7 Å². The number of carbonyl (C=O) groups excluding carboxylic acids is 2. The smallest absolute Gasteiger partial charge is 0.267 e. The molecule has 8 heteroatoms. The lowest BCUT2D eigenvalue weighted by Crippen LogP contribution is -2.24. The molecule has 0 aliphatic carbocycles. The number of nitrogens with one attached hydrogen (secondary N) is 1. The fraction of sp³-hybridized carbons (Fsp3) is 0.190. The SMILES string of the molecule is O=C(Nc1ccc(N2CCCC2=O)c(F)c1)c1cnc(Cc2ccc(F)cc2)s1. The molecule has 1 aromatic heterocycles. The van der Waals surface area contributed by atoms with E-state index in [1.807, 2.05) is 0 Å². The molecule has 3 aromatic rings. The second-order valence-corrected chi connectivity index (χ2v) is 7.81. The summed E-state index contributed by atoms with van der Waals surface area (Å²) in [5, 5.41) is 3.37. The highest BCUT2D eigenvalue weighted by atomic mass is 32.1. The van der Waals surface area contributed by atoms with Crippen LogP contribution in [0, 0.1) is 11.6 Å². The first-order valence-electron chi connectivity index (χ1n) is 9.10. The van der Waals surface area contributed by atoms with Gasteiger partial charge in [-0.1, -0.05) is 12.1 Å². The molecule has 1 fully saturated rings. The second kappa shape index (κ2) is 8.08. The van der Waals surface area contributed by atoms with Crippen molar-refractivity contribution in [1.82, 2.24) is 4.98 Å². The van der Waals surface area contributed by atoms with Gasteiger partial charge in [0.05, 0.1) is 16.9 Å². The van der Waals surface area contributed by atoms with E-state index in [0.717, 1.165) is 10.6 Å². The van der Waals surface area contributed by atoms with Crippen LogP contribution in [0.1, 0.15) is 33.1 Å². The van der Waals surface area contributed by atoms with Crippen LogP contribution < -0.4 is 10.2 Å². The highest BCUT2D eigenvalue weighted by Gasteiger charge is 2.24. The van der Waals surface area contributed by atoms with Crippen molar-refractivity contribution in [3.05, 3.63) is 75.7 Å². The molecule has 0 unspecified atom stereocenters. The number of anilines is 2. The van der Waals surface area contributed by atoms with Gasteiger partial charge in [0.15, 0.2) is 0 Å². The van der Waals surface area contributed by atoms with Gasteiger partial charge >= 0.3 is 0 Å². The Balaban J connectivity index is 1.43. The Bertz CT molecular complexity index is 1070. The average Bonchev–Trinajstić information content (AvgIpc) is 3.33. The largest absolute Gasteiger partial charge is 0.321 e. The van der Waals surface area contributed by atoms with Crippen LogP contribution in [0.15, 0.2) is 48.7 Å². The van der Waals surface area contributed by atoms with Gasteiger partial charge in [-0.3, -0.25) is 9.59 Å². The molecule has 0 bridgehead atoms. The summed E-state index contributed by atoms with van der Waals surface area (Å²) in [6.45, 7) is 0.499. The molecular weight excluding hydrogens is 396 g/mol. The molecule has 1 aliphatic heterocycles. The maximum absolute atomic E-state index is 14.4. The summed E-state index contributed by atoms with van der Waals surface area (Å²) in [5.74, 6) is -1.35. The zero-order valence-electron chi connectivity index (χ0n) is 15.3. The van der Waals surface area contributed by atoms with Gasteiger partial charge in [-0.25, -0.2) is 13.8 Å². The molecule has 0 atom stereocenters. The third-order valence-corrected chi connectivity index (χ3v) is 5.61. The summed E-state index contributed by atoms with van der Waals surface area (Å²) in [7, 11) is 0. The van der Waals surface area contributed by atoms with E-state index >= 15 is 0 Å². The third kappa shape index (κ3) is 4.32. The number of rotatable bonds is 5. The van der Waals surface area contributed by atoms with Gasteiger partial charge < -0.3 is 10.2 Å². The van der Waals surface area contributed by atoms with Gasteiger partial charge in [-0.15, -0.1) is 11.3 Å². The van der Waals surface area contributed by atoms with Gasteiger partial charge in [-0.2, -0.15) is 0 Å². The van der Waals surface area contributed by atoms with Crippen LogP contribution in [-0.4, -0.2) is 23.3 Å². The first-order chi connectivity index (χ1) is 14.0. The lowest BCUT2D eigenvalue weighted by Gasteiger charge is -2.17. The number of hydrogen-bond donors (Lipinski definition) is 1. The van der Waals surface area contributed by atoms with Crippen LogP contribution in [0.25, 0.3) is 0 Å². The Labute approximate surface area is 170 Å². The van der Waals surface area contributed by atoms with Crippen LogP contribution in [-0.2, 0) is 11.2 Å². The van der Waals surface area contributed by atoms with Crippen LogP contribution in [0.2, 0.25) is 0 Å². The number of carbonyl (C=O) groups is 2. The van der Waals surface area contributed by atoms with Crippen molar-refractivity contribution in [2.24, 2.45) is 0 Å². The van der Waals surface area contributed by atoms with Crippen molar-refractivity contribution in [3.8, 4) is 0 Å². The minimum absolute atomic E-state index is 0.0981. The Hall–Kier alpha value is -3.13. The number of amides is 2. The number of hydrogen-bond acceptors (Lipinski definition) is 4. The summed E-state index contributed by atoms with van der Waals surface area (Å²) < 4.78 is 27.4. The Morgan fingerprint density at radius 2 is 1.97 bits per heavy atom. The van der Waals surface area contributed by atoms with E-state index in [0.29, 0.717) is 36.4 Å². The van der Waals surface area contributed by atoms with E-state index in [4.69, 9.17) is 0 Å². The third-order valence-electron chi connectivity index (χ3n) is 4.62. The van der Waals surface area contributed by atoms with Gasteiger partial charge in [0, 0.05) is 25.1 Å². The molecule has 4 rings (SSSR count). The van der Waals surface area contributed by atoms with E-state index in [9.17, 15) is 18.4 Å². The first-order valence-corrected chi connectivity index (χ1v) is 9.91. The summed E-state index contributed by atoms with van der Waals surface area (Å²) in [6.07, 6.45) is 3.09. The fourth-order valence-corrected chi connectivity index (χ4v) is 4.02. The summed E-state index contributed by atoms with van der Waals surface area (Å²) >= 11 is 1.22. The van der Waals surface area contributed by atoms with Crippen molar-refractivity contribution in [3.63, 3.8) is 0 Å². The lowest BCUT2D eigenvalue weighted by atomic mass is 10.2. The fourth-order valence-electron chi connectivity index (χ4n) is 3.17. The maximum atomic E-state index is 14.4. The molecular formula is C21H17F2N3O2S. The normalized spacial score (nSPS) is 13.7. The van der Waals surface area contributed by atoms with E-state index in [2.05, 4.69) is 10.3 Å². The summed E-state index contributed by atoms with van der Waals surface area (Å²) in [6, 6.07) is 10.4. The molecule has 2 heterocycles. The number of aromatic nitrogens is 1. The molecule has 0 radical (unpaired) electrons. The highest BCUT2D eigenvalue weighted by Crippen LogP contribution is 2.27. The van der Waals surface area contributed by atoms with Crippen molar-refractivity contribution < 1.29 is 18.4 Å². The second-order valence-electron chi connectivity index (χ2n) is 6.69. The summed E-state index contributed by atoms with van der Waals surface area (Å²) in [4.78, 5) is 30.3. The quantitative estimate of drug-likeness (QED) is 0.675. The topological polar surface area (TPSA) is 62.3 Å². The minimum Gasteiger partial charge on any atom is -0.321 e. The van der Waals surface area contributed by atoms with E-state index in [1.54, 1.807) is 18.2 Å². The zero-order chi connectivity index (χ0) is 20.4. The Morgan fingerprint density at radius 3 is 2.66 bits per heavy atom. The molecule has 2 aromatic carbocycles. The van der Waals surface area contributed by atoms with Crippen molar-refractivity contribution in [1.29, 1.82) is 0 Å². The Morgan fingerprint density at radius 1 is 1.17 bits per heavy atom. The monoisotopic (exact) mass is 413 g/mol. The number of benzene rings is 2. The predicted molar refractivity (Wildman–Crippen MR) is 107 cm³/mol. The number of nitrogens with zero attached hydrogens (tertiary/aromatic N) is 2. The molecule has 148 valence electrons. The van der Waals surface area contributed by atoms with Gasteiger partial charge in [-0.05, 0) is 42.3 Å². The molecule has 1 saturated heterocycles. The summed E-state index contributed by atoms with van der Waals surface area (Å²) in [5.41, 5.74) is 1.42. The van der Waals surface area contributed by atoms with Gasteiger partial charge in [0.25, 0.3) is 5.91 Å². The van der Waals surface area contributed by atoms with Crippen LogP contribution in [0.5, 0.6) is 0 Å². The average molecular weight is 413 g/mol. The first kappa shape index (κ1) is 19.2. The number of thiazole rings is 1. The molecule has 29 heavy (non-hydrogen) atoms. The molecule has 1 N–H and O–H groups in total. The lowest BCUT2D eigenvalue weighted by molar-refractivity contribution is -0.117. The minimum atomic E-state index is -0.556. The van der Waals surface area contributed by atoms with Crippen LogP contribution in [0.4, 0.5) is 20.2 Å². The molecule has 0 saturated carbocycles. The van der Waals surface area contributed by atoms with Crippen molar-refractivity contribution in [2.75, 3.05) is 16.8 Å². The highest BCUT2D eigenvalue weighted by molar-refractivity contribution is 7.13. The molecule has 0 spiro atoms. The van der Waals surface area contributed by atoms with Crippen molar-refractivity contribution >= 4 is 34.5 Å². The van der Waals surface area contributed by atoms with Crippen molar-refractivity contribution in [2.45, 2.75) is 19.3 Å². The molecule has 5 nitrogen and oxygen atoms in total. The zero-order valence-corrected chi connectivity index (χ0v) is 16.1. The maximum Gasteiger partial charge on any atom is 0.267 e. The van der Waals surface area contributed by atoms with E-state index in [-0.39, 0.29) is 17.4 Å². The van der Waals surface area contributed by atoms with Crippen LogP contribution >= 0.6 is 11.3 Å². The predicted octanol–water partition coefficient (Wildman–Crippen LogP) is 4.39. The standard InChI is InChI=1S/C21H17F2N3O2S/c22-14-5-3-13(4-6-14)10-19-24-12-18(29-19)21(28)25-15-7-8-17(16(23)11-15)26-9-1-2-20(26)27/h3-8,11-12H,1-2,9-10H2,(H,25,28). The van der Waals surface area contributed by atoms with E-state index in [1.165, 1.54) is 46.7 Å².